The number of nitrogens with one attached hydrogen (secondary N) is 2. The Morgan fingerprint density at radius 3 is 2.83 bits per heavy atom. The van der Waals surface area contributed by atoms with Gasteiger partial charge in [0.25, 0.3) is 0 Å². The van der Waals surface area contributed by atoms with E-state index in [0.717, 1.165) is 55.0 Å². The minimum atomic E-state index is -0.0204. The van der Waals surface area contributed by atoms with Gasteiger partial charge in [-0.05, 0) is 31.9 Å². The molecule has 0 fully saturated rings. The number of methoxy groups -OCH3 is 1. The SMILES string of the molecule is CN=C(NCCc1nnc2n1CCCCC2)NCC(C)Oc1cccc(OC)c1.I. The Bertz CT molecular complexity index is 811. The number of halogens is 1. The lowest BCUT2D eigenvalue weighted by Gasteiger charge is -2.18. The number of benzene rings is 1. The molecular formula is C21H33IN6O2. The number of ether oxygens (including phenoxy) is 2. The van der Waals surface area contributed by atoms with Crippen molar-refractivity contribution >= 4 is 29.9 Å². The Kier molecular flexibility index (Phi) is 10.2. The van der Waals surface area contributed by atoms with E-state index in [1.807, 2.05) is 31.2 Å². The van der Waals surface area contributed by atoms with E-state index < -0.39 is 0 Å². The van der Waals surface area contributed by atoms with E-state index in [2.05, 4.69) is 30.4 Å². The van der Waals surface area contributed by atoms with Crippen LogP contribution in [0.15, 0.2) is 29.3 Å². The Hall–Kier alpha value is -2.04. The van der Waals surface area contributed by atoms with Crippen molar-refractivity contribution < 1.29 is 9.47 Å². The lowest BCUT2D eigenvalue weighted by Crippen LogP contribution is -2.42. The molecule has 1 aromatic carbocycles. The first-order chi connectivity index (χ1) is 14.2. The van der Waals surface area contributed by atoms with E-state index in [1.165, 1.54) is 19.3 Å². The molecule has 0 spiro atoms. The van der Waals surface area contributed by atoms with Crippen molar-refractivity contribution in [2.45, 2.75) is 51.7 Å². The molecule has 8 nitrogen and oxygen atoms in total. The summed E-state index contributed by atoms with van der Waals surface area (Å²) in [6, 6.07) is 7.62. The van der Waals surface area contributed by atoms with Crippen LogP contribution in [0.3, 0.4) is 0 Å². The monoisotopic (exact) mass is 528 g/mol. The predicted molar refractivity (Wildman–Crippen MR) is 129 cm³/mol. The van der Waals surface area contributed by atoms with Gasteiger partial charge in [-0.1, -0.05) is 12.5 Å². The summed E-state index contributed by atoms with van der Waals surface area (Å²) in [6.07, 6.45) is 5.53. The van der Waals surface area contributed by atoms with Crippen LogP contribution in [0, 0.1) is 0 Å². The highest BCUT2D eigenvalue weighted by molar-refractivity contribution is 14.0. The maximum atomic E-state index is 5.94. The fourth-order valence-electron chi connectivity index (χ4n) is 3.43. The molecule has 2 heterocycles. The van der Waals surface area contributed by atoms with Crippen molar-refractivity contribution in [1.29, 1.82) is 0 Å². The maximum absolute atomic E-state index is 5.94. The largest absolute Gasteiger partial charge is 0.497 e. The first kappa shape index (κ1) is 24.2. The summed E-state index contributed by atoms with van der Waals surface area (Å²) < 4.78 is 13.5. The summed E-state index contributed by atoms with van der Waals surface area (Å²) in [7, 11) is 3.42. The third kappa shape index (κ3) is 7.03. The summed E-state index contributed by atoms with van der Waals surface area (Å²) in [5.74, 6) is 4.51. The molecule has 0 aliphatic carbocycles. The molecule has 166 valence electrons. The predicted octanol–water partition coefficient (Wildman–Crippen LogP) is 2.81. The normalized spacial score (nSPS) is 14.7. The van der Waals surface area contributed by atoms with Crippen LogP contribution < -0.4 is 20.1 Å². The minimum Gasteiger partial charge on any atom is -0.497 e. The summed E-state index contributed by atoms with van der Waals surface area (Å²) in [5, 5.41) is 15.4. The van der Waals surface area contributed by atoms with Gasteiger partial charge in [0.2, 0.25) is 0 Å². The molecule has 3 rings (SSSR count). The second-order valence-electron chi connectivity index (χ2n) is 7.23. The van der Waals surface area contributed by atoms with Crippen molar-refractivity contribution in [3.05, 3.63) is 35.9 Å². The van der Waals surface area contributed by atoms with Crippen LogP contribution in [-0.2, 0) is 19.4 Å². The first-order valence-corrected chi connectivity index (χ1v) is 10.4. The topological polar surface area (TPSA) is 85.6 Å². The van der Waals surface area contributed by atoms with Gasteiger partial charge in [-0.25, -0.2) is 0 Å². The molecule has 1 atom stereocenters. The Morgan fingerprint density at radius 2 is 2.03 bits per heavy atom. The van der Waals surface area contributed by atoms with Gasteiger partial charge in [0.05, 0.1) is 13.7 Å². The zero-order chi connectivity index (χ0) is 20.5. The Balaban J connectivity index is 0.00000320. The standard InChI is InChI=1S/C21H32N6O2.HI/c1-16(29-18-9-7-8-17(14-18)28-3)15-24-21(22-2)23-12-11-20-26-25-19-10-5-4-6-13-27(19)20;/h7-9,14,16H,4-6,10-13,15H2,1-3H3,(H2,22,23,24);1H. The van der Waals surface area contributed by atoms with Gasteiger partial charge < -0.3 is 24.7 Å². The third-order valence-corrected chi connectivity index (χ3v) is 4.99. The number of fused-ring (bicyclic) bond motifs is 1. The zero-order valence-electron chi connectivity index (χ0n) is 18.1. The molecule has 0 saturated carbocycles. The van der Waals surface area contributed by atoms with Crippen molar-refractivity contribution in [2.75, 3.05) is 27.2 Å². The molecule has 0 saturated heterocycles. The minimum absolute atomic E-state index is 0. The van der Waals surface area contributed by atoms with Gasteiger partial charge in [0.1, 0.15) is 29.3 Å². The average Bonchev–Trinajstić information content (AvgIpc) is 2.96. The number of aromatic nitrogens is 3. The molecule has 0 bridgehead atoms. The van der Waals surface area contributed by atoms with Gasteiger partial charge in [-0.2, -0.15) is 0 Å². The fraction of sp³-hybridized carbons (Fsp3) is 0.571. The number of rotatable bonds is 8. The van der Waals surface area contributed by atoms with Crippen LogP contribution in [0.5, 0.6) is 11.5 Å². The van der Waals surface area contributed by atoms with Gasteiger partial charge in [-0.15, -0.1) is 34.2 Å². The highest BCUT2D eigenvalue weighted by Gasteiger charge is 2.14. The number of guanidine groups is 1. The summed E-state index contributed by atoms with van der Waals surface area (Å²) in [6.45, 7) is 4.44. The summed E-state index contributed by atoms with van der Waals surface area (Å²) in [5.41, 5.74) is 0. The molecule has 1 aliphatic heterocycles. The molecule has 2 N–H and O–H groups in total. The van der Waals surface area contributed by atoms with Gasteiger partial charge in [-0.3, -0.25) is 4.99 Å². The van der Waals surface area contributed by atoms with Crippen molar-refractivity contribution in [1.82, 2.24) is 25.4 Å². The van der Waals surface area contributed by atoms with Crippen LogP contribution >= 0.6 is 24.0 Å². The van der Waals surface area contributed by atoms with E-state index in [9.17, 15) is 0 Å². The Labute approximate surface area is 195 Å². The van der Waals surface area contributed by atoms with Gasteiger partial charge in [0.15, 0.2) is 5.96 Å². The van der Waals surface area contributed by atoms with Crippen molar-refractivity contribution in [3.63, 3.8) is 0 Å². The van der Waals surface area contributed by atoms with Crippen LogP contribution in [0.2, 0.25) is 0 Å². The third-order valence-electron chi connectivity index (χ3n) is 4.99. The number of aryl methyl sites for hydroxylation is 1. The van der Waals surface area contributed by atoms with Crippen LogP contribution in [0.1, 0.15) is 37.8 Å². The summed E-state index contributed by atoms with van der Waals surface area (Å²) >= 11 is 0. The number of nitrogens with zero attached hydrogens (tertiary/aromatic N) is 4. The second kappa shape index (κ2) is 12.6. The van der Waals surface area contributed by atoms with E-state index in [0.29, 0.717) is 6.54 Å². The van der Waals surface area contributed by atoms with Gasteiger partial charge >= 0.3 is 0 Å². The molecule has 0 radical (unpaired) electrons. The second-order valence-corrected chi connectivity index (χ2v) is 7.23. The highest BCUT2D eigenvalue weighted by Crippen LogP contribution is 2.19. The molecule has 0 amide bonds. The molecular weight excluding hydrogens is 495 g/mol. The molecule has 30 heavy (non-hydrogen) atoms. The molecule has 1 aromatic heterocycles. The van der Waals surface area contributed by atoms with Crippen molar-refractivity contribution in [2.24, 2.45) is 4.99 Å². The van der Waals surface area contributed by atoms with E-state index in [4.69, 9.17) is 9.47 Å². The number of aliphatic imine (C=N–C) groups is 1. The molecule has 9 heteroatoms. The molecule has 1 unspecified atom stereocenters. The fourth-order valence-corrected chi connectivity index (χ4v) is 3.43. The van der Waals surface area contributed by atoms with Crippen LogP contribution in [0.25, 0.3) is 0 Å². The zero-order valence-corrected chi connectivity index (χ0v) is 20.4. The smallest absolute Gasteiger partial charge is 0.191 e. The van der Waals surface area contributed by atoms with Gasteiger partial charge in [0, 0.05) is 39.0 Å². The van der Waals surface area contributed by atoms with Crippen LogP contribution in [0.4, 0.5) is 0 Å². The van der Waals surface area contributed by atoms with Crippen LogP contribution in [-0.4, -0.2) is 54.1 Å². The molecule has 2 aromatic rings. The summed E-state index contributed by atoms with van der Waals surface area (Å²) in [4.78, 5) is 4.29. The quantitative estimate of drug-likeness (QED) is 0.312. The lowest BCUT2D eigenvalue weighted by atomic mass is 10.2. The van der Waals surface area contributed by atoms with Crippen molar-refractivity contribution in [3.8, 4) is 11.5 Å². The molecule has 1 aliphatic rings. The van der Waals surface area contributed by atoms with E-state index >= 15 is 0 Å². The highest BCUT2D eigenvalue weighted by atomic mass is 127. The number of hydrogen-bond acceptors (Lipinski definition) is 5. The van der Waals surface area contributed by atoms with E-state index in [1.54, 1.807) is 14.2 Å². The number of hydrogen-bond donors (Lipinski definition) is 2. The first-order valence-electron chi connectivity index (χ1n) is 10.4. The Morgan fingerprint density at radius 1 is 1.20 bits per heavy atom. The maximum Gasteiger partial charge on any atom is 0.191 e. The average molecular weight is 528 g/mol. The van der Waals surface area contributed by atoms with E-state index in [-0.39, 0.29) is 30.1 Å². The lowest BCUT2D eigenvalue weighted by molar-refractivity contribution is 0.223.